The molecule has 1 heterocycles. The molecule has 0 bridgehead atoms. The Morgan fingerprint density at radius 2 is 1.92 bits per heavy atom. The molecule has 0 unspecified atom stereocenters. The van der Waals surface area contributed by atoms with Crippen LogP contribution in [0.3, 0.4) is 0 Å². The summed E-state index contributed by atoms with van der Waals surface area (Å²) in [5.74, 6) is -1.22. The zero-order valence-corrected chi connectivity index (χ0v) is 14.3. The van der Waals surface area contributed by atoms with E-state index in [9.17, 15) is 19.5 Å². The Kier molecular flexibility index (Phi) is 5.26. The molecule has 1 fully saturated rings. The van der Waals surface area contributed by atoms with Gasteiger partial charge < -0.3 is 15.3 Å². The Labute approximate surface area is 141 Å². The Balaban J connectivity index is 2.09. The molecule has 2 atom stereocenters. The predicted molar refractivity (Wildman–Crippen MR) is 89.3 cm³/mol. The number of nitrogens with one attached hydrogen (secondary N) is 1. The van der Waals surface area contributed by atoms with E-state index in [1.807, 2.05) is 31.2 Å². The van der Waals surface area contributed by atoms with Crippen LogP contribution < -0.4 is 5.32 Å². The summed E-state index contributed by atoms with van der Waals surface area (Å²) in [5, 5.41) is 12.1. The summed E-state index contributed by atoms with van der Waals surface area (Å²) in [7, 11) is 0. The lowest BCUT2D eigenvalue weighted by atomic mass is 9.90. The van der Waals surface area contributed by atoms with E-state index in [-0.39, 0.29) is 24.8 Å². The molecule has 2 N–H and O–H groups in total. The Hall–Kier alpha value is -2.37. The summed E-state index contributed by atoms with van der Waals surface area (Å²) >= 11 is 0. The van der Waals surface area contributed by atoms with Crippen molar-refractivity contribution in [2.24, 2.45) is 5.41 Å². The van der Waals surface area contributed by atoms with Gasteiger partial charge in [0.15, 0.2) is 0 Å². The summed E-state index contributed by atoms with van der Waals surface area (Å²) in [6.07, 6.45) is 0.571. The first kappa shape index (κ1) is 18.0. The van der Waals surface area contributed by atoms with Crippen LogP contribution in [-0.4, -0.2) is 40.9 Å². The van der Waals surface area contributed by atoms with Crippen LogP contribution in [0, 0.1) is 12.3 Å². The van der Waals surface area contributed by atoms with Crippen LogP contribution in [0.5, 0.6) is 0 Å². The van der Waals surface area contributed by atoms with Gasteiger partial charge in [0.2, 0.25) is 11.8 Å². The molecule has 2 rings (SSSR count). The van der Waals surface area contributed by atoms with Crippen molar-refractivity contribution in [1.29, 1.82) is 0 Å². The number of hydrogen-bond donors (Lipinski definition) is 2. The third kappa shape index (κ3) is 4.13. The van der Waals surface area contributed by atoms with Crippen LogP contribution >= 0.6 is 0 Å². The number of aryl methyl sites for hydroxylation is 1. The van der Waals surface area contributed by atoms with E-state index in [0.29, 0.717) is 13.0 Å². The molecule has 6 heteroatoms. The van der Waals surface area contributed by atoms with Crippen molar-refractivity contribution in [2.75, 3.05) is 13.1 Å². The summed E-state index contributed by atoms with van der Waals surface area (Å²) in [6, 6.07) is 7.26. The van der Waals surface area contributed by atoms with Gasteiger partial charge in [0.1, 0.15) is 0 Å². The number of aliphatic carboxylic acids is 1. The number of benzene rings is 1. The minimum absolute atomic E-state index is 0.123. The number of carbonyl (C=O) groups excluding carboxylic acids is 2. The highest BCUT2D eigenvalue weighted by molar-refractivity contribution is 5.82. The number of nitrogens with zero attached hydrogens (tertiary/aromatic N) is 1. The van der Waals surface area contributed by atoms with Crippen molar-refractivity contribution in [1.82, 2.24) is 10.2 Å². The highest BCUT2D eigenvalue weighted by Crippen LogP contribution is 2.31. The van der Waals surface area contributed by atoms with Gasteiger partial charge in [-0.1, -0.05) is 29.8 Å². The van der Waals surface area contributed by atoms with Gasteiger partial charge in [-0.25, -0.2) is 0 Å². The number of carbonyl (C=O) groups is 3. The fraction of sp³-hybridized carbons (Fsp3) is 0.500. The minimum Gasteiger partial charge on any atom is -0.481 e. The molecule has 2 amide bonds. The molecule has 1 saturated heterocycles. The number of amides is 2. The maximum atomic E-state index is 12.6. The van der Waals surface area contributed by atoms with E-state index in [1.165, 1.54) is 6.92 Å². The molecule has 0 saturated carbocycles. The molecule has 0 spiro atoms. The largest absolute Gasteiger partial charge is 0.481 e. The standard InChI is InChI=1S/C18H24N2O4/c1-12-4-6-14(7-5-12)15(19-13(2)21)10-16(22)20-9-8-18(3,11-20)17(23)24/h4-7,15H,8-11H2,1-3H3,(H,19,21)(H,23,24)/t15-,18+/m1/s1. The SMILES string of the molecule is CC(=O)N[C@H](CC(=O)N1CC[C@](C)(C(=O)O)C1)c1ccc(C)cc1. The maximum Gasteiger partial charge on any atom is 0.311 e. The smallest absolute Gasteiger partial charge is 0.311 e. The van der Waals surface area contributed by atoms with Crippen molar-refractivity contribution < 1.29 is 19.5 Å². The lowest BCUT2D eigenvalue weighted by Crippen LogP contribution is -2.37. The van der Waals surface area contributed by atoms with Crippen molar-refractivity contribution >= 4 is 17.8 Å². The Bertz CT molecular complexity index is 641. The number of likely N-dealkylation sites (tertiary alicyclic amines) is 1. The van der Waals surface area contributed by atoms with Gasteiger partial charge in [-0.15, -0.1) is 0 Å². The van der Waals surface area contributed by atoms with Crippen molar-refractivity contribution in [3.63, 3.8) is 0 Å². The third-order valence-corrected chi connectivity index (χ3v) is 4.58. The third-order valence-electron chi connectivity index (χ3n) is 4.58. The molecule has 0 aliphatic carbocycles. The minimum atomic E-state index is -0.886. The van der Waals surface area contributed by atoms with Gasteiger partial charge in [0.25, 0.3) is 0 Å². The topological polar surface area (TPSA) is 86.7 Å². The van der Waals surface area contributed by atoms with Gasteiger partial charge in [0.05, 0.1) is 17.9 Å². The van der Waals surface area contributed by atoms with Crippen molar-refractivity contribution in [3.8, 4) is 0 Å². The summed E-state index contributed by atoms with van der Waals surface area (Å²) in [4.78, 5) is 36.9. The van der Waals surface area contributed by atoms with Gasteiger partial charge in [-0.2, -0.15) is 0 Å². The van der Waals surface area contributed by atoms with Crippen LogP contribution in [0.25, 0.3) is 0 Å². The van der Waals surface area contributed by atoms with E-state index in [1.54, 1.807) is 11.8 Å². The van der Waals surface area contributed by atoms with Crippen molar-refractivity contribution in [3.05, 3.63) is 35.4 Å². The molecule has 1 aromatic rings. The predicted octanol–water partition coefficient (Wildman–Crippen LogP) is 1.89. The first-order chi connectivity index (χ1) is 11.2. The molecular formula is C18H24N2O4. The second-order valence-corrected chi connectivity index (χ2v) is 6.80. The van der Waals surface area contributed by atoms with Crippen LogP contribution in [0.4, 0.5) is 0 Å². The number of rotatable bonds is 5. The maximum absolute atomic E-state index is 12.6. The lowest BCUT2D eigenvalue weighted by Gasteiger charge is -2.24. The van der Waals surface area contributed by atoms with Crippen LogP contribution in [0.15, 0.2) is 24.3 Å². The summed E-state index contributed by atoms with van der Waals surface area (Å²) in [5.41, 5.74) is 1.08. The molecule has 6 nitrogen and oxygen atoms in total. The summed E-state index contributed by atoms with van der Waals surface area (Å²) < 4.78 is 0. The second kappa shape index (κ2) is 7.03. The number of carboxylic acid groups (broad SMARTS) is 1. The van der Waals surface area contributed by atoms with E-state index >= 15 is 0 Å². The average Bonchev–Trinajstić information content (AvgIpc) is 2.91. The second-order valence-electron chi connectivity index (χ2n) is 6.80. The normalized spacial score (nSPS) is 21.4. The highest BCUT2D eigenvalue weighted by Gasteiger charge is 2.42. The van der Waals surface area contributed by atoms with E-state index < -0.39 is 17.4 Å². The molecule has 1 aliphatic rings. The lowest BCUT2D eigenvalue weighted by molar-refractivity contribution is -0.147. The average molecular weight is 332 g/mol. The van der Waals surface area contributed by atoms with Gasteiger partial charge >= 0.3 is 5.97 Å². The molecular weight excluding hydrogens is 308 g/mol. The van der Waals surface area contributed by atoms with Crippen molar-refractivity contribution in [2.45, 2.75) is 39.7 Å². The van der Waals surface area contributed by atoms with Gasteiger partial charge in [-0.3, -0.25) is 14.4 Å². The zero-order valence-electron chi connectivity index (χ0n) is 14.3. The highest BCUT2D eigenvalue weighted by atomic mass is 16.4. The zero-order chi connectivity index (χ0) is 17.9. The molecule has 24 heavy (non-hydrogen) atoms. The monoisotopic (exact) mass is 332 g/mol. The van der Waals surface area contributed by atoms with E-state index in [4.69, 9.17) is 0 Å². The Morgan fingerprint density at radius 1 is 1.29 bits per heavy atom. The number of hydrogen-bond acceptors (Lipinski definition) is 3. The number of carboxylic acids is 1. The molecule has 1 aromatic carbocycles. The van der Waals surface area contributed by atoms with Crippen LogP contribution in [0.1, 0.15) is 43.9 Å². The molecule has 130 valence electrons. The Morgan fingerprint density at radius 3 is 2.42 bits per heavy atom. The van der Waals surface area contributed by atoms with Crippen LogP contribution in [-0.2, 0) is 14.4 Å². The van der Waals surface area contributed by atoms with Gasteiger partial charge in [-0.05, 0) is 25.8 Å². The first-order valence-corrected chi connectivity index (χ1v) is 8.06. The molecule has 1 aliphatic heterocycles. The quantitative estimate of drug-likeness (QED) is 0.862. The molecule has 0 aromatic heterocycles. The fourth-order valence-electron chi connectivity index (χ4n) is 2.95. The first-order valence-electron chi connectivity index (χ1n) is 8.06. The summed E-state index contributed by atoms with van der Waals surface area (Å²) in [6.45, 7) is 5.69. The molecule has 0 radical (unpaired) electrons. The van der Waals surface area contributed by atoms with Crippen LogP contribution in [0.2, 0.25) is 0 Å². The fourth-order valence-corrected chi connectivity index (χ4v) is 2.95. The van der Waals surface area contributed by atoms with E-state index in [0.717, 1.165) is 11.1 Å². The van der Waals surface area contributed by atoms with Gasteiger partial charge in [0, 0.05) is 20.0 Å². The van der Waals surface area contributed by atoms with E-state index in [2.05, 4.69) is 5.32 Å².